The van der Waals surface area contributed by atoms with Gasteiger partial charge in [0.1, 0.15) is 0 Å². The molecular weight excluding hydrogens is 276 g/mol. The first kappa shape index (κ1) is 16.9. The van der Waals surface area contributed by atoms with E-state index in [1.807, 2.05) is 13.8 Å². The van der Waals surface area contributed by atoms with Crippen molar-refractivity contribution < 1.29 is 19.2 Å². The Bertz CT molecular complexity index is 445. The number of aromatic nitrogens is 2. The quantitative estimate of drug-likeness (QED) is 0.630. The first-order valence-corrected chi connectivity index (χ1v) is 6.88. The Labute approximate surface area is 123 Å². The monoisotopic (exact) mass is 298 g/mol. The number of carboxylic acids is 1. The van der Waals surface area contributed by atoms with Gasteiger partial charge in [-0.3, -0.25) is 4.79 Å². The van der Waals surface area contributed by atoms with Crippen LogP contribution in [0.15, 0.2) is 10.9 Å². The van der Waals surface area contributed by atoms with Crippen molar-refractivity contribution in [2.24, 2.45) is 5.41 Å². The van der Waals surface area contributed by atoms with Gasteiger partial charge in [0.05, 0.1) is 0 Å². The third kappa shape index (κ3) is 7.91. The minimum atomic E-state index is -0.796. The molecule has 21 heavy (non-hydrogen) atoms. The lowest BCUT2D eigenvalue weighted by molar-refractivity contribution is -0.137. The second-order valence-corrected chi connectivity index (χ2v) is 5.59. The van der Waals surface area contributed by atoms with Gasteiger partial charge in [-0.25, -0.2) is 4.79 Å². The van der Waals surface area contributed by atoms with Gasteiger partial charge in [-0.1, -0.05) is 19.0 Å². The van der Waals surface area contributed by atoms with Gasteiger partial charge in [-0.2, -0.15) is 4.98 Å². The molecule has 0 atom stereocenters. The van der Waals surface area contributed by atoms with Crippen molar-refractivity contribution in [2.45, 2.75) is 39.5 Å². The number of amides is 2. The number of hydrogen-bond acceptors (Lipinski definition) is 5. The smallest absolute Gasteiger partial charge is 0.314 e. The summed E-state index contributed by atoms with van der Waals surface area (Å²) in [4.78, 5) is 25.9. The number of aliphatic carboxylic acids is 1. The average Bonchev–Trinajstić information content (AvgIpc) is 2.89. The number of urea groups is 1. The van der Waals surface area contributed by atoms with Crippen LogP contribution in [0.1, 0.15) is 38.9 Å². The van der Waals surface area contributed by atoms with Crippen molar-refractivity contribution in [2.75, 3.05) is 13.1 Å². The number of carbonyl (C=O) groups is 2. The van der Waals surface area contributed by atoms with Crippen LogP contribution in [0.5, 0.6) is 0 Å². The summed E-state index contributed by atoms with van der Waals surface area (Å²) < 4.78 is 4.58. The van der Waals surface area contributed by atoms with Crippen molar-refractivity contribution in [3.8, 4) is 0 Å². The maximum atomic E-state index is 11.5. The van der Waals surface area contributed by atoms with Crippen molar-refractivity contribution in [1.82, 2.24) is 20.8 Å². The Kier molecular flexibility index (Phi) is 6.64. The molecule has 0 aliphatic carbocycles. The Balaban J connectivity index is 2.10. The second-order valence-electron chi connectivity index (χ2n) is 5.59. The molecule has 1 aromatic heterocycles. The third-order valence-corrected chi connectivity index (χ3v) is 3.14. The van der Waals surface area contributed by atoms with Crippen LogP contribution < -0.4 is 10.6 Å². The van der Waals surface area contributed by atoms with Gasteiger partial charge in [-0.15, -0.1) is 0 Å². The Hall–Kier alpha value is -2.12. The summed E-state index contributed by atoms with van der Waals surface area (Å²) in [5, 5.41) is 17.7. The molecule has 3 N–H and O–H groups in total. The zero-order chi connectivity index (χ0) is 15.7. The first-order valence-electron chi connectivity index (χ1n) is 6.88. The van der Waals surface area contributed by atoms with Gasteiger partial charge in [0.25, 0.3) is 0 Å². The molecular formula is C13H22N4O4. The minimum Gasteiger partial charge on any atom is -0.481 e. The van der Waals surface area contributed by atoms with E-state index in [0.29, 0.717) is 31.8 Å². The molecule has 0 saturated carbocycles. The highest BCUT2D eigenvalue weighted by molar-refractivity contribution is 5.73. The van der Waals surface area contributed by atoms with Gasteiger partial charge < -0.3 is 20.3 Å². The molecule has 8 heteroatoms. The Morgan fingerprint density at radius 3 is 2.62 bits per heavy atom. The molecule has 2 amide bonds. The molecule has 1 rings (SSSR count). The Morgan fingerprint density at radius 1 is 1.29 bits per heavy atom. The number of carboxylic acid groups (broad SMARTS) is 1. The van der Waals surface area contributed by atoms with Crippen molar-refractivity contribution in [3.05, 3.63) is 12.2 Å². The average molecular weight is 298 g/mol. The van der Waals surface area contributed by atoms with Crippen LogP contribution in [0.4, 0.5) is 4.79 Å². The van der Waals surface area contributed by atoms with Gasteiger partial charge in [0, 0.05) is 25.9 Å². The van der Waals surface area contributed by atoms with Crippen LogP contribution in [-0.2, 0) is 11.2 Å². The van der Waals surface area contributed by atoms with E-state index in [4.69, 9.17) is 5.11 Å². The van der Waals surface area contributed by atoms with Crippen LogP contribution in [0, 0.1) is 5.41 Å². The number of nitrogens with one attached hydrogen (secondary N) is 2. The molecule has 0 aliphatic rings. The van der Waals surface area contributed by atoms with E-state index >= 15 is 0 Å². The SMILES string of the molecule is CC(C)(CCNC(=O)NCCc1ncon1)CCC(=O)O. The highest BCUT2D eigenvalue weighted by Crippen LogP contribution is 2.25. The predicted molar refractivity (Wildman–Crippen MR) is 74.7 cm³/mol. The maximum absolute atomic E-state index is 11.5. The van der Waals surface area contributed by atoms with E-state index in [0.717, 1.165) is 6.42 Å². The lowest BCUT2D eigenvalue weighted by atomic mass is 9.84. The summed E-state index contributed by atoms with van der Waals surface area (Å²) >= 11 is 0. The molecule has 8 nitrogen and oxygen atoms in total. The van der Waals surface area contributed by atoms with Crippen LogP contribution in [0.3, 0.4) is 0 Å². The number of carbonyl (C=O) groups excluding carboxylic acids is 1. The van der Waals surface area contributed by atoms with Gasteiger partial charge in [-0.05, 0) is 18.3 Å². The molecule has 0 aromatic carbocycles. The molecule has 0 fully saturated rings. The van der Waals surface area contributed by atoms with Crippen LogP contribution in [-0.4, -0.2) is 40.3 Å². The predicted octanol–water partition coefficient (Wildman–Crippen LogP) is 1.19. The topological polar surface area (TPSA) is 117 Å². The highest BCUT2D eigenvalue weighted by Gasteiger charge is 2.19. The van der Waals surface area contributed by atoms with Crippen LogP contribution >= 0.6 is 0 Å². The maximum Gasteiger partial charge on any atom is 0.314 e. The van der Waals surface area contributed by atoms with Crippen LogP contribution in [0.2, 0.25) is 0 Å². The summed E-state index contributed by atoms with van der Waals surface area (Å²) in [6.45, 7) is 4.91. The lowest BCUT2D eigenvalue weighted by Gasteiger charge is -2.23. The molecule has 0 radical (unpaired) electrons. The first-order chi connectivity index (χ1) is 9.89. The van der Waals surface area contributed by atoms with Crippen molar-refractivity contribution in [1.29, 1.82) is 0 Å². The van der Waals surface area contributed by atoms with E-state index in [9.17, 15) is 9.59 Å². The van der Waals surface area contributed by atoms with Crippen molar-refractivity contribution >= 4 is 12.0 Å². The molecule has 0 bridgehead atoms. The number of hydrogen-bond donors (Lipinski definition) is 3. The van der Waals surface area contributed by atoms with Gasteiger partial charge >= 0.3 is 12.0 Å². The zero-order valence-corrected chi connectivity index (χ0v) is 12.4. The van der Waals surface area contributed by atoms with Gasteiger partial charge in [0.2, 0.25) is 6.39 Å². The highest BCUT2D eigenvalue weighted by atomic mass is 16.5. The molecule has 0 spiro atoms. The van der Waals surface area contributed by atoms with E-state index < -0.39 is 5.97 Å². The second kappa shape index (κ2) is 8.23. The summed E-state index contributed by atoms with van der Waals surface area (Å²) in [7, 11) is 0. The molecule has 0 saturated heterocycles. The van der Waals surface area contributed by atoms with E-state index in [1.54, 1.807) is 0 Å². The van der Waals surface area contributed by atoms with Crippen molar-refractivity contribution in [3.63, 3.8) is 0 Å². The van der Waals surface area contributed by atoms with Gasteiger partial charge in [0.15, 0.2) is 5.82 Å². The normalized spacial score (nSPS) is 11.1. The third-order valence-electron chi connectivity index (χ3n) is 3.14. The number of rotatable bonds is 9. The fourth-order valence-electron chi connectivity index (χ4n) is 1.74. The summed E-state index contributed by atoms with van der Waals surface area (Å²) in [5.74, 6) is -0.250. The molecule has 0 aliphatic heterocycles. The molecule has 0 unspecified atom stereocenters. The standard InChI is InChI=1S/C13H22N4O4/c1-13(2,5-3-11(18)19)6-8-15-12(20)14-7-4-10-16-9-21-17-10/h9H,3-8H2,1-2H3,(H,18,19)(H2,14,15,20). The largest absolute Gasteiger partial charge is 0.481 e. The summed E-state index contributed by atoms with van der Waals surface area (Å²) in [6, 6.07) is -0.257. The molecule has 1 aromatic rings. The number of nitrogens with zero attached hydrogens (tertiary/aromatic N) is 2. The summed E-state index contributed by atoms with van der Waals surface area (Å²) in [6.07, 6.45) is 3.20. The lowest BCUT2D eigenvalue weighted by Crippen LogP contribution is -2.38. The van der Waals surface area contributed by atoms with E-state index in [2.05, 4.69) is 25.3 Å². The van der Waals surface area contributed by atoms with E-state index in [1.165, 1.54) is 6.39 Å². The zero-order valence-electron chi connectivity index (χ0n) is 12.4. The molecule has 118 valence electrons. The van der Waals surface area contributed by atoms with Crippen LogP contribution in [0.25, 0.3) is 0 Å². The summed E-state index contributed by atoms with van der Waals surface area (Å²) in [5.41, 5.74) is -0.115. The Morgan fingerprint density at radius 2 is 2.00 bits per heavy atom. The minimum absolute atomic E-state index is 0.115. The van der Waals surface area contributed by atoms with E-state index in [-0.39, 0.29) is 17.9 Å². The fourth-order valence-corrected chi connectivity index (χ4v) is 1.74. The molecule has 1 heterocycles. The fraction of sp³-hybridized carbons (Fsp3) is 0.692.